The number of aryl methyl sites for hydroxylation is 1. The standard InChI is InChI=1S/C24H28N6O4S/c1-2-5-18-14-22(31)27-24(25-18)30-21(15-20(28-30)16-6-7-16)26-23(32)17-8-10-19(11-9-17)35(33,34)29-12-3-4-13-29/h8-11,14-16H,2-7,12-13H2,1H3,(H,26,32)(H,25,27,31). The molecule has 1 aliphatic carbocycles. The first-order valence-corrected chi connectivity index (χ1v) is 13.4. The summed E-state index contributed by atoms with van der Waals surface area (Å²) in [5, 5.41) is 7.46. The van der Waals surface area contributed by atoms with Crippen molar-refractivity contribution >= 4 is 21.7 Å². The number of sulfonamides is 1. The Bertz CT molecular complexity index is 1400. The highest BCUT2D eigenvalue weighted by Crippen LogP contribution is 2.40. The van der Waals surface area contributed by atoms with Crippen molar-refractivity contribution in [1.82, 2.24) is 24.1 Å². The van der Waals surface area contributed by atoms with Crippen LogP contribution in [0.25, 0.3) is 5.95 Å². The second kappa shape index (κ2) is 9.38. The summed E-state index contributed by atoms with van der Waals surface area (Å²) < 4.78 is 28.4. The van der Waals surface area contributed by atoms with E-state index in [1.165, 1.54) is 39.3 Å². The third-order valence-electron chi connectivity index (χ3n) is 6.27. The average molecular weight is 497 g/mol. The lowest BCUT2D eigenvalue weighted by Gasteiger charge is -2.15. The maximum Gasteiger partial charge on any atom is 0.256 e. The van der Waals surface area contributed by atoms with E-state index >= 15 is 0 Å². The Morgan fingerprint density at radius 3 is 2.51 bits per heavy atom. The Morgan fingerprint density at radius 1 is 1.14 bits per heavy atom. The van der Waals surface area contributed by atoms with Crippen LogP contribution in [-0.2, 0) is 16.4 Å². The van der Waals surface area contributed by atoms with E-state index in [1.807, 2.05) is 6.92 Å². The lowest BCUT2D eigenvalue weighted by Crippen LogP contribution is -2.27. The predicted octanol–water partition coefficient (Wildman–Crippen LogP) is 2.82. The fourth-order valence-corrected chi connectivity index (χ4v) is 5.77. The molecule has 3 heterocycles. The van der Waals surface area contributed by atoms with Gasteiger partial charge in [0.1, 0.15) is 5.82 Å². The normalized spacial score (nSPS) is 16.5. The second-order valence-corrected chi connectivity index (χ2v) is 11.0. The summed E-state index contributed by atoms with van der Waals surface area (Å²) in [6, 6.07) is 9.19. The molecule has 2 aliphatic rings. The number of benzene rings is 1. The van der Waals surface area contributed by atoms with Gasteiger partial charge in [0.15, 0.2) is 0 Å². The van der Waals surface area contributed by atoms with E-state index in [4.69, 9.17) is 0 Å². The first-order chi connectivity index (χ1) is 16.8. The summed E-state index contributed by atoms with van der Waals surface area (Å²) in [5.41, 5.74) is 1.51. The molecule has 184 valence electrons. The zero-order chi connectivity index (χ0) is 24.6. The van der Waals surface area contributed by atoms with Gasteiger partial charge in [0.25, 0.3) is 11.5 Å². The molecule has 0 unspecified atom stereocenters. The number of hydrogen-bond donors (Lipinski definition) is 2. The third kappa shape index (κ3) is 4.92. The molecular weight excluding hydrogens is 468 g/mol. The van der Waals surface area contributed by atoms with E-state index in [0.29, 0.717) is 42.5 Å². The van der Waals surface area contributed by atoms with Gasteiger partial charge in [0.05, 0.1) is 10.6 Å². The van der Waals surface area contributed by atoms with Crippen LogP contribution >= 0.6 is 0 Å². The number of carbonyl (C=O) groups is 1. The van der Waals surface area contributed by atoms with Crippen LogP contribution in [0, 0.1) is 0 Å². The molecule has 1 saturated heterocycles. The van der Waals surface area contributed by atoms with Gasteiger partial charge >= 0.3 is 0 Å². The Kier molecular flexibility index (Phi) is 6.28. The lowest BCUT2D eigenvalue weighted by molar-refractivity contribution is 0.102. The van der Waals surface area contributed by atoms with Crippen molar-refractivity contribution < 1.29 is 13.2 Å². The van der Waals surface area contributed by atoms with Gasteiger partial charge in [-0.2, -0.15) is 14.1 Å². The summed E-state index contributed by atoms with van der Waals surface area (Å²) in [6.07, 6.45) is 5.27. The van der Waals surface area contributed by atoms with Crippen molar-refractivity contribution in [3.63, 3.8) is 0 Å². The van der Waals surface area contributed by atoms with E-state index in [2.05, 4.69) is 20.4 Å². The number of nitrogens with zero attached hydrogens (tertiary/aromatic N) is 4. The minimum absolute atomic E-state index is 0.173. The molecule has 5 rings (SSSR count). The molecule has 1 aromatic carbocycles. The van der Waals surface area contributed by atoms with Crippen LogP contribution in [0.1, 0.15) is 66.7 Å². The predicted molar refractivity (Wildman–Crippen MR) is 130 cm³/mol. The number of H-pyrrole nitrogens is 1. The molecular formula is C24H28N6O4S. The quantitative estimate of drug-likeness (QED) is 0.493. The van der Waals surface area contributed by atoms with Crippen LogP contribution in [0.3, 0.4) is 0 Å². The van der Waals surface area contributed by atoms with Crippen molar-refractivity contribution in [2.75, 3.05) is 18.4 Å². The zero-order valence-corrected chi connectivity index (χ0v) is 20.3. The minimum Gasteiger partial charge on any atom is -0.306 e. The van der Waals surface area contributed by atoms with Gasteiger partial charge in [-0.3, -0.25) is 14.6 Å². The number of hydrogen-bond acceptors (Lipinski definition) is 6. The molecule has 11 heteroatoms. The van der Waals surface area contributed by atoms with Crippen LogP contribution in [0.5, 0.6) is 0 Å². The Hall–Kier alpha value is -3.31. The van der Waals surface area contributed by atoms with Crippen LogP contribution in [0.4, 0.5) is 5.82 Å². The molecule has 35 heavy (non-hydrogen) atoms. The van der Waals surface area contributed by atoms with Crippen molar-refractivity contribution in [2.45, 2.75) is 56.3 Å². The summed E-state index contributed by atoms with van der Waals surface area (Å²) in [6.45, 7) is 3.05. The summed E-state index contributed by atoms with van der Waals surface area (Å²) in [5.74, 6) is 0.552. The van der Waals surface area contributed by atoms with E-state index in [1.54, 1.807) is 6.07 Å². The Morgan fingerprint density at radius 2 is 1.86 bits per heavy atom. The molecule has 1 amide bonds. The number of aromatic amines is 1. The van der Waals surface area contributed by atoms with Gasteiger partial charge in [-0.05, 0) is 56.4 Å². The maximum absolute atomic E-state index is 13.0. The number of rotatable bonds is 8. The minimum atomic E-state index is -3.55. The average Bonchev–Trinajstić information content (AvgIpc) is 3.36. The largest absolute Gasteiger partial charge is 0.306 e. The highest BCUT2D eigenvalue weighted by molar-refractivity contribution is 7.89. The monoisotopic (exact) mass is 496 g/mol. The van der Waals surface area contributed by atoms with E-state index in [9.17, 15) is 18.0 Å². The first-order valence-electron chi connectivity index (χ1n) is 12.0. The molecule has 10 nitrogen and oxygen atoms in total. The molecule has 2 N–H and O–H groups in total. The first kappa shape index (κ1) is 23.4. The molecule has 3 aromatic rings. The van der Waals surface area contributed by atoms with Crippen LogP contribution < -0.4 is 10.9 Å². The van der Waals surface area contributed by atoms with E-state index in [-0.39, 0.29) is 16.4 Å². The van der Waals surface area contributed by atoms with Gasteiger partial charge in [-0.25, -0.2) is 13.4 Å². The molecule has 0 radical (unpaired) electrons. The van der Waals surface area contributed by atoms with Gasteiger partial charge in [0.2, 0.25) is 16.0 Å². The molecule has 0 atom stereocenters. The van der Waals surface area contributed by atoms with Crippen molar-refractivity contribution in [3.8, 4) is 5.95 Å². The van der Waals surface area contributed by atoms with Gasteiger partial charge in [-0.15, -0.1) is 0 Å². The molecule has 0 bridgehead atoms. The van der Waals surface area contributed by atoms with Gasteiger partial charge < -0.3 is 5.32 Å². The fourth-order valence-electron chi connectivity index (χ4n) is 4.25. The number of carbonyl (C=O) groups excluding carboxylic acids is 1. The topological polar surface area (TPSA) is 130 Å². The van der Waals surface area contributed by atoms with E-state index in [0.717, 1.165) is 37.8 Å². The SMILES string of the molecule is CCCc1cc(=O)[nH]c(-n2nc(C3CC3)cc2NC(=O)c2ccc(S(=O)(=O)N3CCCC3)cc2)n1. The Balaban J connectivity index is 1.41. The lowest BCUT2D eigenvalue weighted by atomic mass is 10.2. The van der Waals surface area contributed by atoms with Crippen molar-refractivity contribution in [3.05, 3.63) is 63.7 Å². The van der Waals surface area contributed by atoms with Crippen LogP contribution in [0.2, 0.25) is 0 Å². The number of nitrogens with one attached hydrogen (secondary N) is 2. The molecule has 1 aliphatic heterocycles. The smallest absolute Gasteiger partial charge is 0.256 e. The Labute approximate surface area is 203 Å². The third-order valence-corrected chi connectivity index (χ3v) is 8.19. The van der Waals surface area contributed by atoms with Crippen molar-refractivity contribution in [2.24, 2.45) is 0 Å². The fraction of sp³-hybridized carbons (Fsp3) is 0.417. The highest BCUT2D eigenvalue weighted by Gasteiger charge is 2.29. The van der Waals surface area contributed by atoms with E-state index < -0.39 is 15.9 Å². The summed E-state index contributed by atoms with van der Waals surface area (Å²) in [4.78, 5) is 32.6. The molecule has 1 saturated carbocycles. The van der Waals surface area contributed by atoms with Crippen molar-refractivity contribution in [1.29, 1.82) is 0 Å². The molecule has 2 aromatic heterocycles. The maximum atomic E-state index is 13.0. The zero-order valence-electron chi connectivity index (χ0n) is 19.5. The summed E-state index contributed by atoms with van der Waals surface area (Å²) in [7, 11) is -3.55. The van der Waals surface area contributed by atoms with Gasteiger partial charge in [-0.1, -0.05) is 13.3 Å². The highest BCUT2D eigenvalue weighted by atomic mass is 32.2. The van der Waals surface area contributed by atoms with Crippen LogP contribution in [-0.4, -0.2) is 51.5 Å². The number of amides is 1. The summed E-state index contributed by atoms with van der Waals surface area (Å²) >= 11 is 0. The van der Waals surface area contributed by atoms with Gasteiger partial charge in [0, 0.05) is 42.4 Å². The number of anilines is 1. The molecule has 0 spiro atoms. The molecule has 2 fully saturated rings. The van der Waals surface area contributed by atoms with Crippen LogP contribution in [0.15, 0.2) is 46.1 Å². The number of aromatic nitrogens is 4. The second-order valence-electron chi connectivity index (χ2n) is 9.04.